The zero-order chi connectivity index (χ0) is 18.0. The monoisotopic (exact) mass is 325 g/mol. The van der Waals surface area contributed by atoms with E-state index in [2.05, 4.69) is 5.32 Å². The van der Waals surface area contributed by atoms with Crippen LogP contribution in [-0.2, 0) is 14.4 Å². The zero-order valence-electron chi connectivity index (χ0n) is 15.2. The summed E-state index contributed by atoms with van der Waals surface area (Å²) in [4.78, 5) is 38.3. The summed E-state index contributed by atoms with van der Waals surface area (Å²) in [6.07, 6.45) is 1.48. The molecule has 0 bridgehead atoms. The highest BCUT2D eigenvalue weighted by atomic mass is 16.2. The summed E-state index contributed by atoms with van der Waals surface area (Å²) in [5.41, 5.74) is 4.69. The highest BCUT2D eigenvalue weighted by Crippen LogP contribution is 2.33. The predicted octanol–water partition coefficient (Wildman–Crippen LogP) is 1.43. The maximum Gasteiger partial charge on any atom is 0.240 e. The number of primary amides is 1. The number of hydrogen-bond acceptors (Lipinski definition) is 3. The molecule has 3 amide bonds. The van der Waals surface area contributed by atoms with Crippen LogP contribution in [0, 0.1) is 11.3 Å². The summed E-state index contributed by atoms with van der Waals surface area (Å²) in [5, 5.41) is 2.90. The highest BCUT2D eigenvalue weighted by molar-refractivity contribution is 5.91. The summed E-state index contributed by atoms with van der Waals surface area (Å²) in [6, 6.07) is -0.543. The molecule has 3 N–H and O–H groups in total. The molecule has 1 aliphatic rings. The van der Waals surface area contributed by atoms with Crippen LogP contribution in [0.2, 0.25) is 0 Å². The Morgan fingerprint density at radius 1 is 1.17 bits per heavy atom. The molecule has 0 radical (unpaired) electrons. The highest BCUT2D eigenvalue weighted by Gasteiger charge is 2.41. The van der Waals surface area contributed by atoms with Gasteiger partial charge >= 0.3 is 0 Å². The van der Waals surface area contributed by atoms with Crippen molar-refractivity contribution in [2.75, 3.05) is 6.54 Å². The fourth-order valence-corrected chi connectivity index (χ4v) is 2.95. The van der Waals surface area contributed by atoms with E-state index < -0.39 is 17.9 Å². The number of amides is 3. The molecule has 23 heavy (non-hydrogen) atoms. The van der Waals surface area contributed by atoms with Gasteiger partial charge in [0.1, 0.15) is 6.04 Å². The number of rotatable bonds is 4. The lowest BCUT2D eigenvalue weighted by molar-refractivity contribution is -0.146. The maximum atomic E-state index is 12.9. The Bertz CT molecular complexity index is 474. The number of carbonyl (C=O) groups is 3. The van der Waals surface area contributed by atoms with Crippen LogP contribution in [0.5, 0.6) is 0 Å². The minimum absolute atomic E-state index is 0.113. The molecule has 1 rings (SSSR count). The third kappa shape index (κ3) is 5.52. The van der Waals surface area contributed by atoms with E-state index >= 15 is 0 Å². The molecule has 2 atom stereocenters. The maximum absolute atomic E-state index is 12.9. The van der Waals surface area contributed by atoms with Gasteiger partial charge in [0.2, 0.25) is 17.7 Å². The van der Waals surface area contributed by atoms with Crippen LogP contribution in [0.4, 0.5) is 0 Å². The number of likely N-dealkylation sites (tertiary alicyclic amines) is 1. The first-order valence-corrected chi connectivity index (χ1v) is 8.24. The van der Waals surface area contributed by atoms with Crippen LogP contribution in [0.1, 0.15) is 60.8 Å². The first kappa shape index (κ1) is 19.5. The molecule has 1 aliphatic heterocycles. The molecule has 0 aliphatic carbocycles. The van der Waals surface area contributed by atoms with Crippen molar-refractivity contribution in [3.63, 3.8) is 0 Å². The summed E-state index contributed by atoms with van der Waals surface area (Å²) in [5.74, 6) is -1.25. The summed E-state index contributed by atoms with van der Waals surface area (Å²) in [6.45, 7) is 12.1. The lowest BCUT2D eigenvalue weighted by atomic mass is 9.77. The molecule has 0 spiro atoms. The van der Waals surface area contributed by atoms with E-state index in [0.29, 0.717) is 13.0 Å². The third-order valence-electron chi connectivity index (χ3n) is 4.11. The van der Waals surface area contributed by atoms with Gasteiger partial charge < -0.3 is 16.0 Å². The molecule has 6 heteroatoms. The fraction of sp³-hybridized carbons (Fsp3) is 0.824. The van der Waals surface area contributed by atoms with Gasteiger partial charge in [-0.2, -0.15) is 0 Å². The summed E-state index contributed by atoms with van der Waals surface area (Å²) >= 11 is 0. The number of hydrogen-bond donors (Lipinski definition) is 2. The van der Waals surface area contributed by atoms with E-state index in [1.54, 1.807) is 4.90 Å². The van der Waals surface area contributed by atoms with E-state index in [1.807, 2.05) is 41.5 Å². The SMILES string of the molecule is CC(C)(C)NC(=O)C[C@H](C(=O)N1CCC[C@H]1C(N)=O)C(C)(C)C. The van der Waals surface area contributed by atoms with Crippen molar-refractivity contribution < 1.29 is 14.4 Å². The Morgan fingerprint density at radius 2 is 1.74 bits per heavy atom. The van der Waals surface area contributed by atoms with Gasteiger partial charge in [-0.05, 0) is 39.0 Å². The Hall–Kier alpha value is -1.59. The topological polar surface area (TPSA) is 92.5 Å². The Kier molecular flexibility index (Phi) is 5.83. The zero-order valence-corrected chi connectivity index (χ0v) is 15.2. The van der Waals surface area contributed by atoms with Gasteiger partial charge in [-0.25, -0.2) is 0 Å². The molecular weight excluding hydrogens is 294 g/mol. The second kappa shape index (κ2) is 6.89. The molecule has 0 aromatic rings. The van der Waals surface area contributed by atoms with Crippen molar-refractivity contribution in [1.29, 1.82) is 0 Å². The lowest BCUT2D eigenvalue weighted by Crippen LogP contribution is -2.50. The van der Waals surface area contributed by atoms with E-state index in [0.717, 1.165) is 6.42 Å². The predicted molar refractivity (Wildman–Crippen MR) is 89.4 cm³/mol. The second-order valence-electron chi connectivity index (χ2n) is 8.51. The van der Waals surface area contributed by atoms with Crippen molar-refractivity contribution in [1.82, 2.24) is 10.2 Å². The van der Waals surface area contributed by atoms with Crippen molar-refractivity contribution in [3.05, 3.63) is 0 Å². The van der Waals surface area contributed by atoms with Crippen molar-refractivity contribution in [2.45, 2.75) is 72.4 Å². The number of nitrogens with zero attached hydrogens (tertiary/aromatic N) is 1. The van der Waals surface area contributed by atoms with E-state index in [1.165, 1.54) is 0 Å². The van der Waals surface area contributed by atoms with Crippen LogP contribution < -0.4 is 11.1 Å². The van der Waals surface area contributed by atoms with Gasteiger partial charge in [0.25, 0.3) is 0 Å². The molecule has 1 saturated heterocycles. The van der Waals surface area contributed by atoms with E-state index in [9.17, 15) is 14.4 Å². The molecule has 0 aromatic carbocycles. The van der Waals surface area contributed by atoms with Crippen molar-refractivity contribution >= 4 is 17.7 Å². The Balaban J connectivity index is 2.92. The molecular formula is C17H31N3O3. The molecule has 0 aromatic heterocycles. The van der Waals surface area contributed by atoms with Gasteiger partial charge in [0.05, 0.1) is 5.92 Å². The van der Waals surface area contributed by atoms with E-state index in [-0.39, 0.29) is 29.2 Å². The minimum Gasteiger partial charge on any atom is -0.368 e. The van der Waals surface area contributed by atoms with Crippen LogP contribution >= 0.6 is 0 Å². The standard InChI is InChI=1S/C17H31N3O3/c1-16(2,3)11(10-13(21)19-17(4,5)6)15(23)20-9-7-8-12(20)14(18)22/h11-12H,7-10H2,1-6H3,(H2,18,22)(H,19,21)/t11-,12+/m1/s1. The Labute approximate surface area is 139 Å². The normalized spacial score (nSPS) is 20.3. The van der Waals surface area contributed by atoms with Gasteiger partial charge in [-0.15, -0.1) is 0 Å². The average molecular weight is 325 g/mol. The quantitative estimate of drug-likeness (QED) is 0.819. The van der Waals surface area contributed by atoms with Gasteiger partial charge in [0.15, 0.2) is 0 Å². The van der Waals surface area contributed by atoms with E-state index in [4.69, 9.17) is 5.73 Å². The Morgan fingerprint density at radius 3 is 2.17 bits per heavy atom. The first-order chi connectivity index (χ1) is 10.3. The molecule has 1 heterocycles. The third-order valence-corrected chi connectivity index (χ3v) is 4.11. The average Bonchev–Trinajstić information content (AvgIpc) is 2.80. The molecule has 0 saturated carbocycles. The lowest BCUT2D eigenvalue weighted by Gasteiger charge is -2.35. The van der Waals surface area contributed by atoms with Crippen LogP contribution in [0.3, 0.4) is 0 Å². The minimum atomic E-state index is -0.543. The first-order valence-electron chi connectivity index (χ1n) is 8.24. The van der Waals surface area contributed by atoms with Crippen LogP contribution in [0.25, 0.3) is 0 Å². The summed E-state index contributed by atoms with van der Waals surface area (Å²) < 4.78 is 0. The van der Waals surface area contributed by atoms with Gasteiger partial charge in [0, 0.05) is 18.5 Å². The number of carbonyl (C=O) groups excluding carboxylic acids is 3. The van der Waals surface area contributed by atoms with Crippen molar-refractivity contribution in [2.24, 2.45) is 17.1 Å². The molecule has 6 nitrogen and oxygen atoms in total. The number of nitrogens with two attached hydrogens (primary N) is 1. The second-order valence-corrected chi connectivity index (χ2v) is 8.51. The van der Waals surface area contributed by atoms with Gasteiger partial charge in [-0.1, -0.05) is 20.8 Å². The van der Waals surface area contributed by atoms with Crippen molar-refractivity contribution in [3.8, 4) is 0 Å². The fourth-order valence-electron chi connectivity index (χ4n) is 2.95. The summed E-state index contributed by atoms with van der Waals surface area (Å²) in [7, 11) is 0. The molecule has 1 fully saturated rings. The smallest absolute Gasteiger partial charge is 0.240 e. The molecule has 132 valence electrons. The number of nitrogens with one attached hydrogen (secondary N) is 1. The largest absolute Gasteiger partial charge is 0.368 e. The molecule has 0 unspecified atom stereocenters. The van der Waals surface area contributed by atoms with Crippen LogP contribution in [0.15, 0.2) is 0 Å². The van der Waals surface area contributed by atoms with Crippen LogP contribution in [-0.4, -0.2) is 40.7 Å². The van der Waals surface area contributed by atoms with Gasteiger partial charge in [-0.3, -0.25) is 14.4 Å².